The van der Waals surface area contributed by atoms with Gasteiger partial charge in [-0.3, -0.25) is 18.6 Å². The van der Waals surface area contributed by atoms with Crippen LogP contribution in [0.2, 0.25) is 0 Å². The van der Waals surface area contributed by atoms with Gasteiger partial charge in [0.25, 0.3) is 0 Å². The molecular formula is C46H82NO8P. The molecule has 0 bridgehead atoms. The minimum atomic E-state index is -4.36. The van der Waals surface area contributed by atoms with E-state index >= 15 is 0 Å². The molecule has 0 aromatic carbocycles. The number of phosphoric ester groups is 1. The number of hydrogen-bond acceptors (Lipinski definition) is 8. The molecule has 0 aromatic rings. The number of phosphoric acid groups is 1. The zero-order valence-electron chi connectivity index (χ0n) is 35.8. The first-order valence-electron chi connectivity index (χ1n) is 22.2. The van der Waals surface area contributed by atoms with E-state index in [-0.39, 0.29) is 26.1 Å². The van der Waals surface area contributed by atoms with Crippen LogP contribution in [0.4, 0.5) is 0 Å². The average molecular weight is 808 g/mol. The van der Waals surface area contributed by atoms with Crippen LogP contribution in [0.25, 0.3) is 0 Å². The van der Waals surface area contributed by atoms with Crippen LogP contribution in [0.15, 0.2) is 60.8 Å². The molecule has 0 saturated heterocycles. The molecule has 9 nitrogen and oxygen atoms in total. The first-order valence-corrected chi connectivity index (χ1v) is 23.7. The van der Waals surface area contributed by atoms with Crippen LogP contribution < -0.4 is 5.32 Å². The number of allylic oxidation sites excluding steroid dienone is 10. The quantitative estimate of drug-likeness (QED) is 0.0269. The highest BCUT2D eigenvalue weighted by atomic mass is 31.2. The Hall–Kier alpha value is -2.29. The predicted octanol–water partition coefficient (Wildman–Crippen LogP) is 12.8. The fourth-order valence-electron chi connectivity index (χ4n) is 5.71. The van der Waals surface area contributed by atoms with E-state index < -0.39 is 32.5 Å². The van der Waals surface area contributed by atoms with Crippen molar-refractivity contribution < 1.29 is 37.6 Å². The lowest BCUT2D eigenvalue weighted by atomic mass is 10.1. The smallest absolute Gasteiger partial charge is 0.462 e. The molecule has 324 valence electrons. The van der Waals surface area contributed by atoms with Gasteiger partial charge in [-0.05, 0) is 90.5 Å². The van der Waals surface area contributed by atoms with Gasteiger partial charge in [-0.15, -0.1) is 0 Å². The molecule has 0 aliphatic rings. The molecule has 0 rings (SSSR count). The summed E-state index contributed by atoms with van der Waals surface area (Å²) in [6, 6.07) is 0. The molecule has 56 heavy (non-hydrogen) atoms. The van der Waals surface area contributed by atoms with Crippen LogP contribution in [0.3, 0.4) is 0 Å². The van der Waals surface area contributed by atoms with E-state index in [1.165, 1.54) is 77.0 Å². The molecule has 2 N–H and O–H groups in total. The van der Waals surface area contributed by atoms with Crippen molar-refractivity contribution in [2.45, 2.75) is 187 Å². The Morgan fingerprint density at radius 1 is 0.554 bits per heavy atom. The third-order valence-corrected chi connectivity index (χ3v) is 10.1. The molecule has 0 aromatic heterocycles. The summed E-state index contributed by atoms with van der Waals surface area (Å²) in [5.74, 6) is -0.859. The Kier molecular flexibility index (Phi) is 40.6. The molecular weight excluding hydrogens is 725 g/mol. The molecule has 0 radical (unpaired) electrons. The van der Waals surface area contributed by atoms with Crippen LogP contribution >= 0.6 is 7.82 Å². The van der Waals surface area contributed by atoms with E-state index in [4.69, 9.17) is 18.5 Å². The summed E-state index contributed by atoms with van der Waals surface area (Å²) in [7, 11) is -2.67. The lowest BCUT2D eigenvalue weighted by Gasteiger charge is -2.20. The fourth-order valence-corrected chi connectivity index (χ4v) is 6.46. The summed E-state index contributed by atoms with van der Waals surface area (Å²) in [6.45, 7) is 4.12. The van der Waals surface area contributed by atoms with Gasteiger partial charge in [0.1, 0.15) is 6.61 Å². The highest BCUT2D eigenvalue weighted by Gasteiger charge is 2.26. The lowest BCUT2D eigenvalue weighted by molar-refractivity contribution is -0.161. The molecule has 2 unspecified atom stereocenters. The number of carbonyl (C=O) groups is 2. The molecule has 0 spiro atoms. The van der Waals surface area contributed by atoms with Gasteiger partial charge in [0.05, 0.1) is 13.2 Å². The molecule has 10 heteroatoms. The second kappa shape index (κ2) is 42.3. The second-order valence-electron chi connectivity index (χ2n) is 14.5. The van der Waals surface area contributed by atoms with Crippen molar-refractivity contribution in [3.63, 3.8) is 0 Å². The summed E-state index contributed by atoms with van der Waals surface area (Å²) in [5.41, 5.74) is 0. The van der Waals surface area contributed by atoms with Gasteiger partial charge in [0.15, 0.2) is 6.10 Å². The van der Waals surface area contributed by atoms with Crippen LogP contribution in [0.1, 0.15) is 181 Å². The van der Waals surface area contributed by atoms with Crippen molar-refractivity contribution in [2.24, 2.45) is 0 Å². The van der Waals surface area contributed by atoms with Gasteiger partial charge in [-0.1, -0.05) is 145 Å². The monoisotopic (exact) mass is 808 g/mol. The zero-order valence-corrected chi connectivity index (χ0v) is 36.7. The van der Waals surface area contributed by atoms with Crippen LogP contribution in [-0.2, 0) is 32.7 Å². The van der Waals surface area contributed by atoms with E-state index in [0.29, 0.717) is 19.4 Å². The summed E-state index contributed by atoms with van der Waals surface area (Å²) >= 11 is 0. The lowest BCUT2D eigenvalue weighted by Crippen LogP contribution is -2.29. The highest BCUT2D eigenvalue weighted by Crippen LogP contribution is 2.43. The van der Waals surface area contributed by atoms with Gasteiger partial charge in [-0.25, -0.2) is 4.57 Å². The summed E-state index contributed by atoms with van der Waals surface area (Å²) < 4.78 is 33.2. The maximum atomic E-state index is 12.6. The molecule has 0 amide bonds. The number of rotatable bonds is 41. The Morgan fingerprint density at radius 2 is 0.964 bits per heavy atom. The Morgan fingerprint density at radius 3 is 1.46 bits per heavy atom. The van der Waals surface area contributed by atoms with Gasteiger partial charge < -0.3 is 19.7 Å². The number of nitrogens with one attached hydrogen (secondary N) is 1. The molecule has 0 aliphatic heterocycles. The van der Waals surface area contributed by atoms with Crippen molar-refractivity contribution in [3.05, 3.63) is 60.8 Å². The maximum absolute atomic E-state index is 12.6. The molecule has 0 heterocycles. The average Bonchev–Trinajstić information content (AvgIpc) is 3.18. The third kappa shape index (κ3) is 41.3. The Bertz CT molecular complexity index is 1100. The normalized spacial score (nSPS) is 13.9. The first-order chi connectivity index (χ1) is 27.3. The Balaban J connectivity index is 4.27. The van der Waals surface area contributed by atoms with E-state index in [9.17, 15) is 19.0 Å². The minimum absolute atomic E-state index is 0.0262. The second-order valence-corrected chi connectivity index (χ2v) is 16.0. The summed E-state index contributed by atoms with van der Waals surface area (Å²) in [6.07, 6.45) is 48.3. The maximum Gasteiger partial charge on any atom is 0.472 e. The zero-order chi connectivity index (χ0) is 41.1. The minimum Gasteiger partial charge on any atom is -0.462 e. The summed E-state index contributed by atoms with van der Waals surface area (Å²) in [4.78, 5) is 35.1. The van der Waals surface area contributed by atoms with Crippen molar-refractivity contribution in [1.82, 2.24) is 5.32 Å². The van der Waals surface area contributed by atoms with Gasteiger partial charge in [0, 0.05) is 19.4 Å². The van der Waals surface area contributed by atoms with Crippen molar-refractivity contribution >= 4 is 19.8 Å². The number of esters is 2. The summed E-state index contributed by atoms with van der Waals surface area (Å²) in [5, 5.41) is 2.82. The number of likely N-dealkylation sites (N-methyl/N-ethyl adjacent to an activating group) is 1. The molecule has 0 aliphatic carbocycles. The van der Waals surface area contributed by atoms with Gasteiger partial charge in [-0.2, -0.15) is 0 Å². The van der Waals surface area contributed by atoms with Gasteiger partial charge >= 0.3 is 19.8 Å². The largest absolute Gasteiger partial charge is 0.472 e. The standard InChI is InChI=1S/C46H82NO8P/c1-4-6-8-10-12-14-16-18-20-21-22-23-25-27-29-31-33-35-37-39-46(49)55-44(43-54-56(50,51)53-41-40-47-3)42-52-45(48)38-36-34-32-30-28-26-24-19-17-15-13-11-9-7-5-2/h12-15,18-20,24,28,30,44,47H,4-11,16-17,21-23,25-27,29,31-43H2,1-3H3,(H,50,51)/b14-12-,15-13-,20-18-,24-19-,30-28-. The highest BCUT2D eigenvalue weighted by molar-refractivity contribution is 7.47. The van der Waals surface area contributed by atoms with E-state index in [0.717, 1.165) is 64.2 Å². The molecule has 0 saturated carbocycles. The number of hydrogen-bond donors (Lipinski definition) is 2. The van der Waals surface area contributed by atoms with Crippen molar-refractivity contribution in [2.75, 3.05) is 33.4 Å². The predicted molar refractivity (Wildman–Crippen MR) is 234 cm³/mol. The van der Waals surface area contributed by atoms with Crippen LogP contribution in [0.5, 0.6) is 0 Å². The number of carbonyl (C=O) groups excluding carboxylic acids is 2. The first kappa shape index (κ1) is 53.7. The number of ether oxygens (including phenoxy) is 2. The van der Waals surface area contributed by atoms with Gasteiger partial charge in [0.2, 0.25) is 0 Å². The number of unbranched alkanes of at least 4 members (excludes halogenated alkanes) is 17. The van der Waals surface area contributed by atoms with Crippen LogP contribution in [-0.4, -0.2) is 56.3 Å². The third-order valence-electron chi connectivity index (χ3n) is 9.11. The Labute approximate surface area is 342 Å². The molecule has 0 fully saturated rings. The van der Waals surface area contributed by atoms with E-state index in [1.54, 1.807) is 7.05 Å². The van der Waals surface area contributed by atoms with E-state index in [2.05, 4.69) is 79.9 Å². The molecule has 2 atom stereocenters. The SMILES string of the molecule is CCCCC/C=C\C/C=C\C/C=C\CCCCC(=O)OCC(COP(=O)(O)OCCNC)OC(=O)CCCCCCCCCCC/C=C\C/C=C\CCCCC. The van der Waals surface area contributed by atoms with Crippen LogP contribution in [0, 0.1) is 0 Å². The van der Waals surface area contributed by atoms with E-state index in [1.807, 2.05) is 0 Å². The fraction of sp³-hybridized carbons (Fsp3) is 0.739. The van der Waals surface area contributed by atoms with Crippen molar-refractivity contribution in [1.29, 1.82) is 0 Å². The van der Waals surface area contributed by atoms with Crippen molar-refractivity contribution in [3.8, 4) is 0 Å². The topological polar surface area (TPSA) is 120 Å².